The van der Waals surface area contributed by atoms with Gasteiger partial charge in [-0.15, -0.1) is 0 Å². The Hall–Kier alpha value is -2.50. The number of hydrogen-bond acceptors (Lipinski definition) is 5. The zero-order chi connectivity index (χ0) is 29.4. The number of benzene rings is 2. The number of amides is 1. The van der Waals surface area contributed by atoms with Gasteiger partial charge in [-0.2, -0.15) is 8.42 Å². The molecule has 1 aromatic heterocycles. The van der Waals surface area contributed by atoms with Crippen molar-refractivity contribution in [3.05, 3.63) is 62.5 Å². The summed E-state index contributed by atoms with van der Waals surface area (Å²) in [7, 11) is -4.49. The van der Waals surface area contributed by atoms with E-state index < -0.39 is 44.0 Å². The summed E-state index contributed by atoms with van der Waals surface area (Å²) in [5, 5.41) is 7.34. The van der Waals surface area contributed by atoms with Gasteiger partial charge in [0, 0.05) is 39.6 Å². The molecular weight excluding hydrogens is 592 g/mol. The van der Waals surface area contributed by atoms with Gasteiger partial charge in [-0.1, -0.05) is 37.0 Å². The first-order chi connectivity index (χ1) is 19.1. The zero-order valence-electron chi connectivity index (χ0n) is 22.5. The van der Waals surface area contributed by atoms with E-state index >= 15 is 0 Å². The van der Waals surface area contributed by atoms with E-state index in [0.717, 1.165) is 5.56 Å². The standard InChI is InChI=1S/C29H28Cl2FN3O5S/c1-12-4-15-14-7-21(32)20(31)10-22(14)33-25(15)29(35-12)18-9-19(30)16(8-23(18)34-26(29)37)17-5-13-6-24(36)28(17,27(13,2)3)11-41(38,39)40/h7-10,12-13,17,33,35H,4-6,11H2,1-3H3,(H,34,37)(H,38,39,40)/t12-,13?,17?,28?,29+/m0/s1. The van der Waals surface area contributed by atoms with E-state index in [1.54, 1.807) is 12.1 Å². The lowest BCUT2D eigenvalue weighted by Gasteiger charge is -2.41. The first-order valence-electron chi connectivity index (χ1n) is 13.5. The van der Waals surface area contributed by atoms with Crippen molar-refractivity contribution in [1.82, 2.24) is 10.3 Å². The van der Waals surface area contributed by atoms with Crippen molar-refractivity contribution < 1.29 is 27.0 Å². The van der Waals surface area contributed by atoms with Crippen molar-refractivity contribution >= 4 is 61.6 Å². The predicted molar refractivity (Wildman–Crippen MR) is 154 cm³/mol. The minimum absolute atomic E-state index is 0.0303. The van der Waals surface area contributed by atoms with Gasteiger partial charge in [0.2, 0.25) is 0 Å². The van der Waals surface area contributed by atoms with Crippen LogP contribution in [0.1, 0.15) is 61.9 Å². The van der Waals surface area contributed by atoms with Gasteiger partial charge in [-0.3, -0.25) is 19.5 Å². The summed E-state index contributed by atoms with van der Waals surface area (Å²) in [4.78, 5) is 30.7. The second kappa shape index (κ2) is 8.32. The van der Waals surface area contributed by atoms with Gasteiger partial charge in [-0.05, 0) is 72.4 Å². The molecule has 2 saturated carbocycles. The Labute approximate surface area is 246 Å². The molecule has 2 bridgehead atoms. The highest BCUT2D eigenvalue weighted by Gasteiger charge is 2.70. The van der Waals surface area contributed by atoms with E-state index in [4.69, 9.17) is 23.2 Å². The van der Waals surface area contributed by atoms with Gasteiger partial charge in [0.15, 0.2) is 5.54 Å². The molecule has 216 valence electrons. The van der Waals surface area contributed by atoms with Crippen LogP contribution in [-0.4, -0.2) is 41.4 Å². The maximum atomic E-state index is 14.5. The SMILES string of the molecule is C[C@H]1Cc2c([nH]c3cc(Cl)c(F)cc23)[C@@]2(N1)C(=O)Nc1cc(C3CC4CC(=O)C3(CS(=O)(=O)O)C4(C)C)c(Cl)cc12. The molecule has 2 aromatic carbocycles. The van der Waals surface area contributed by atoms with Crippen LogP contribution in [0.4, 0.5) is 10.1 Å². The molecule has 1 amide bonds. The van der Waals surface area contributed by atoms with Crippen LogP contribution in [0.3, 0.4) is 0 Å². The summed E-state index contributed by atoms with van der Waals surface area (Å²) in [5.41, 5.74) is 0.216. The maximum Gasteiger partial charge on any atom is 0.265 e. The minimum atomic E-state index is -4.49. The average Bonchev–Trinajstić information content (AvgIpc) is 3.46. The normalized spacial score (nSPS) is 31.6. The fourth-order valence-electron chi connectivity index (χ4n) is 8.52. The van der Waals surface area contributed by atoms with Gasteiger partial charge in [0.25, 0.3) is 16.0 Å². The highest BCUT2D eigenvalue weighted by molar-refractivity contribution is 7.85. The number of halogens is 3. The molecule has 2 aliphatic carbocycles. The third-order valence-corrected chi connectivity index (χ3v) is 11.9. The first-order valence-corrected chi connectivity index (χ1v) is 15.9. The number of carbonyl (C=O) groups excluding carboxylic acids is 2. The summed E-state index contributed by atoms with van der Waals surface area (Å²) >= 11 is 13.0. The fraction of sp³-hybridized carbons (Fsp3) is 0.448. The Balaban J connectivity index is 1.41. The Kier molecular flexibility index (Phi) is 5.55. The van der Waals surface area contributed by atoms with Gasteiger partial charge < -0.3 is 10.3 Å². The van der Waals surface area contributed by atoms with Crippen LogP contribution >= 0.6 is 23.2 Å². The van der Waals surface area contributed by atoms with Crippen molar-refractivity contribution in [2.75, 3.05) is 11.1 Å². The van der Waals surface area contributed by atoms with Crippen LogP contribution in [0.2, 0.25) is 10.0 Å². The van der Waals surface area contributed by atoms with Crippen LogP contribution < -0.4 is 10.6 Å². The topological polar surface area (TPSA) is 128 Å². The second-order valence-corrected chi connectivity index (χ2v) is 15.0. The zero-order valence-corrected chi connectivity index (χ0v) is 24.8. The maximum absolute atomic E-state index is 14.5. The molecule has 4 aliphatic rings. The van der Waals surface area contributed by atoms with Crippen LogP contribution in [0.15, 0.2) is 24.3 Å². The highest BCUT2D eigenvalue weighted by atomic mass is 35.5. The number of rotatable bonds is 3. The van der Waals surface area contributed by atoms with E-state index in [2.05, 4.69) is 15.6 Å². The molecule has 3 heterocycles. The van der Waals surface area contributed by atoms with Crippen LogP contribution in [0.25, 0.3) is 10.9 Å². The van der Waals surface area contributed by atoms with Crippen molar-refractivity contribution in [3.63, 3.8) is 0 Å². The Morgan fingerprint density at radius 1 is 1.10 bits per heavy atom. The number of aromatic amines is 1. The average molecular weight is 621 g/mol. The number of hydrogen-bond donors (Lipinski definition) is 4. The van der Waals surface area contributed by atoms with E-state index in [0.29, 0.717) is 51.3 Å². The summed E-state index contributed by atoms with van der Waals surface area (Å²) in [6, 6.07) is 6.17. The number of aromatic nitrogens is 1. The lowest BCUT2D eigenvalue weighted by Crippen LogP contribution is -2.56. The molecule has 0 saturated heterocycles. The molecule has 5 atom stereocenters. The number of carbonyl (C=O) groups is 2. The number of H-pyrrole nitrogens is 1. The van der Waals surface area contributed by atoms with Crippen molar-refractivity contribution in [3.8, 4) is 0 Å². The monoisotopic (exact) mass is 619 g/mol. The molecule has 0 radical (unpaired) electrons. The van der Waals surface area contributed by atoms with Crippen molar-refractivity contribution in [2.24, 2.45) is 16.7 Å². The fourth-order valence-corrected chi connectivity index (χ4v) is 10.3. The van der Waals surface area contributed by atoms with Gasteiger partial charge in [0.1, 0.15) is 11.6 Å². The number of ketones is 1. The van der Waals surface area contributed by atoms with E-state index in [-0.39, 0.29) is 35.1 Å². The molecule has 3 aromatic rings. The largest absolute Gasteiger partial charge is 0.356 e. The summed E-state index contributed by atoms with van der Waals surface area (Å²) in [6.45, 7) is 5.70. The second-order valence-electron chi connectivity index (χ2n) is 12.7. The molecule has 8 nitrogen and oxygen atoms in total. The third kappa shape index (κ3) is 3.42. The lowest BCUT2D eigenvalue weighted by molar-refractivity contribution is -0.129. The van der Waals surface area contributed by atoms with E-state index in [1.807, 2.05) is 20.8 Å². The lowest BCUT2D eigenvalue weighted by atomic mass is 9.64. The number of Topliss-reactive ketones (excluding diaryl/α,β-unsaturated/α-hetero) is 1. The van der Waals surface area contributed by atoms with Crippen LogP contribution in [0, 0.1) is 22.6 Å². The Morgan fingerprint density at radius 2 is 1.83 bits per heavy atom. The molecular formula is C29H28Cl2FN3O5S. The van der Waals surface area contributed by atoms with Crippen molar-refractivity contribution in [1.29, 1.82) is 0 Å². The smallest absolute Gasteiger partial charge is 0.265 e. The van der Waals surface area contributed by atoms with E-state index in [1.165, 1.54) is 12.1 Å². The molecule has 12 heteroatoms. The van der Waals surface area contributed by atoms with Gasteiger partial charge in [-0.25, -0.2) is 4.39 Å². The molecule has 7 rings (SSSR count). The van der Waals surface area contributed by atoms with Crippen LogP contribution in [0.5, 0.6) is 0 Å². The Morgan fingerprint density at radius 3 is 2.51 bits per heavy atom. The molecule has 2 aliphatic heterocycles. The number of nitrogens with one attached hydrogen (secondary N) is 3. The molecule has 3 unspecified atom stereocenters. The van der Waals surface area contributed by atoms with E-state index in [9.17, 15) is 27.0 Å². The van der Waals surface area contributed by atoms with Crippen LogP contribution in [-0.2, 0) is 31.7 Å². The quantitative estimate of drug-likeness (QED) is 0.294. The van der Waals surface area contributed by atoms with Gasteiger partial charge in [0.05, 0.1) is 21.9 Å². The first kappa shape index (κ1) is 27.3. The minimum Gasteiger partial charge on any atom is -0.356 e. The van der Waals surface area contributed by atoms with Crippen molar-refractivity contribution in [2.45, 2.75) is 57.5 Å². The summed E-state index contributed by atoms with van der Waals surface area (Å²) in [5.74, 6) is -2.42. The Bertz CT molecular complexity index is 1840. The molecule has 4 N–H and O–H groups in total. The van der Waals surface area contributed by atoms with Gasteiger partial charge >= 0.3 is 0 Å². The molecule has 1 spiro atoms. The summed E-state index contributed by atoms with van der Waals surface area (Å²) < 4.78 is 48.9. The predicted octanol–water partition coefficient (Wildman–Crippen LogP) is 5.32. The highest BCUT2D eigenvalue weighted by Crippen LogP contribution is 2.70. The number of fused-ring (bicyclic) bond motifs is 8. The number of anilines is 1. The third-order valence-electron chi connectivity index (χ3n) is 10.4. The molecule has 41 heavy (non-hydrogen) atoms. The summed E-state index contributed by atoms with van der Waals surface area (Å²) in [6.07, 6.45) is 1.32. The molecule has 2 fully saturated rings.